The van der Waals surface area contributed by atoms with Gasteiger partial charge < -0.3 is 9.64 Å². The van der Waals surface area contributed by atoms with E-state index in [9.17, 15) is 4.79 Å². The van der Waals surface area contributed by atoms with Crippen LogP contribution in [0.2, 0.25) is 0 Å². The van der Waals surface area contributed by atoms with Gasteiger partial charge in [0.2, 0.25) is 0 Å². The molecule has 0 bridgehead atoms. The molecule has 0 saturated carbocycles. The standard InChI is InChI=1S/C18H33NO2/c1-4-21-18(20)17-12-10-14-19(15-17)13-9-7-5-6-8-11-16(2)3/h11,17H,4-10,12-15H2,1-3H3. The first kappa shape index (κ1) is 18.2. The number of rotatable bonds is 9. The van der Waals surface area contributed by atoms with Gasteiger partial charge in [-0.25, -0.2) is 0 Å². The van der Waals surface area contributed by atoms with Gasteiger partial charge in [0, 0.05) is 6.54 Å². The lowest BCUT2D eigenvalue weighted by atomic mass is 9.98. The molecule has 1 atom stereocenters. The monoisotopic (exact) mass is 295 g/mol. The van der Waals surface area contributed by atoms with E-state index >= 15 is 0 Å². The molecular weight excluding hydrogens is 262 g/mol. The zero-order chi connectivity index (χ0) is 15.5. The Kier molecular flexibility index (Phi) is 9.40. The third kappa shape index (κ3) is 8.25. The topological polar surface area (TPSA) is 29.5 Å². The van der Waals surface area contributed by atoms with Gasteiger partial charge in [-0.3, -0.25) is 4.79 Å². The Balaban J connectivity index is 2.09. The maximum atomic E-state index is 11.8. The van der Waals surface area contributed by atoms with Crippen molar-refractivity contribution in [3.05, 3.63) is 11.6 Å². The summed E-state index contributed by atoms with van der Waals surface area (Å²) in [5.41, 5.74) is 1.42. The van der Waals surface area contributed by atoms with Crippen molar-refractivity contribution in [1.82, 2.24) is 4.90 Å². The van der Waals surface area contributed by atoms with Crippen molar-refractivity contribution in [2.75, 3.05) is 26.2 Å². The van der Waals surface area contributed by atoms with Crippen LogP contribution >= 0.6 is 0 Å². The predicted octanol–water partition coefficient (Wildman–Crippen LogP) is 4.18. The molecule has 1 saturated heterocycles. The first-order valence-corrected chi connectivity index (χ1v) is 8.65. The van der Waals surface area contributed by atoms with Gasteiger partial charge in [0.1, 0.15) is 0 Å². The number of nitrogens with zero attached hydrogens (tertiary/aromatic N) is 1. The third-order valence-corrected chi connectivity index (χ3v) is 4.11. The van der Waals surface area contributed by atoms with Crippen LogP contribution < -0.4 is 0 Å². The first-order valence-electron chi connectivity index (χ1n) is 8.65. The van der Waals surface area contributed by atoms with Crippen LogP contribution in [0.4, 0.5) is 0 Å². The molecule has 0 amide bonds. The molecule has 1 heterocycles. The Labute approximate surface area is 130 Å². The second kappa shape index (κ2) is 10.8. The smallest absolute Gasteiger partial charge is 0.310 e. The molecule has 21 heavy (non-hydrogen) atoms. The Bertz CT molecular complexity index is 321. The van der Waals surface area contributed by atoms with Crippen LogP contribution in [-0.2, 0) is 9.53 Å². The van der Waals surface area contributed by atoms with Gasteiger partial charge in [-0.2, -0.15) is 0 Å². The van der Waals surface area contributed by atoms with Gasteiger partial charge in [-0.1, -0.05) is 24.5 Å². The maximum absolute atomic E-state index is 11.8. The van der Waals surface area contributed by atoms with Crippen molar-refractivity contribution in [2.24, 2.45) is 5.92 Å². The number of carbonyl (C=O) groups excluding carboxylic acids is 1. The molecule has 0 N–H and O–H groups in total. The lowest BCUT2D eigenvalue weighted by Crippen LogP contribution is -2.39. The summed E-state index contributed by atoms with van der Waals surface area (Å²) in [5.74, 6) is 0.111. The summed E-state index contributed by atoms with van der Waals surface area (Å²) < 4.78 is 5.15. The van der Waals surface area contributed by atoms with Crippen LogP contribution in [0.25, 0.3) is 0 Å². The lowest BCUT2D eigenvalue weighted by Gasteiger charge is -2.31. The fourth-order valence-corrected chi connectivity index (χ4v) is 2.94. The Hall–Kier alpha value is -0.830. The van der Waals surface area contributed by atoms with E-state index in [4.69, 9.17) is 4.74 Å². The van der Waals surface area contributed by atoms with Crippen LogP contribution in [0.15, 0.2) is 11.6 Å². The fraction of sp³-hybridized carbons (Fsp3) is 0.833. The Morgan fingerprint density at radius 3 is 2.71 bits per heavy atom. The van der Waals surface area contributed by atoms with Crippen LogP contribution in [0.1, 0.15) is 65.7 Å². The molecule has 1 aliphatic rings. The highest BCUT2D eigenvalue weighted by Crippen LogP contribution is 2.18. The van der Waals surface area contributed by atoms with E-state index in [0.29, 0.717) is 6.61 Å². The quantitative estimate of drug-likeness (QED) is 0.363. The number of esters is 1. The average molecular weight is 295 g/mol. The summed E-state index contributed by atoms with van der Waals surface area (Å²) in [5, 5.41) is 0. The van der Waals surface area contributed by atoms with E-state index < -0.39 is 0 Å². The van der Waals surface area contributed by atoms with E-state index in [2.05, 4.69) is 24.8 Å². The predicted molar refractivity (Wildman–Crippen MR) is 88.3 cm³/mol. The molecule has 1 aliphatic heterocycles. The molecule has 1 fully saturated rings. The second-order valence-corrected chi connectivity index (χ2v) is 6.38. The van der Waals surface area contributed by atoms with Gasteiger partial charge >= 0.3 is 5.97 Å². The van der Waals surface area contributed by atoms with E-state index in [1.807, 2.05) is 6.92 Å². The number of piperidine rings is 1. The normalized spacial score (nSPS) is 19.3. The van der Waals surface area contributed by atoms with E-state index in [1.54, 1.807) is 0 Å². The second-order valence-electron chi connectivity index (χ2n) is 6.38. The first-order chi connectivity index (χ1) is 10.1. The van der Waals surface area contributed by atoms with Gasteiger partial charge in [-0.15, -0.1) is 0 Å². The molecule has 0 aromatic heterocycles. The minimum absolute atomic E-state index is 0.00363. The Morgan fingerprint density at radius 1 is 1.24 bits per heavy atom. The number of unbranched alkanes of at least 4 members (excludes halogenated alkanes) is 4. The molecule has 0 aromatic carbocycles. The summed E-state index contributed by atoms with van der Waals surface area (Å²) in [4.78, 5) is 14.2. The van der Waals surface area contributed by atoms with Crippen LogP contribution in [0.5, 0.6) is 0 Å². The van der Waals surface area contributed by atoms with Crippen molar-refractivity contribution >= 4 is 5.97 Å². The van der Waals surface area contributed by atoms with Gasteiger partial charge in [0.05, 0.1) is 12.5 Å². The van der Waals surface area contributed by atoms with Gasteiger partial charge in [-0.05, 0) is 66.0 Å². The number of likely N-dealkylation sites (tertiary alicyclic amines) is 1. The molecule has 1 unspecified atom stereocenters. The number of carbonyl (C=O) groups is 1. The van der Waals surface area contributed by atoms with Gasteiger partial charge in [0.15, 0.2) is 0 Å². The molecule has 1 rings (SSSR count). The van der Waals surface area contributed by atoms with Crippen molar-refractivity contribution in [3.63, 3.8) is 0 Å². The number of hydrogen-bond donors (Lipinski definition) is 0. The zero-order valence-corrected chi connectivity index (χ0v) is 14.2. The molecule has 122 valence electrons. The van der Waals surface area contributed by atoms with E-state index in [0.717, 1.165) is 32.5 Å². The summed E-state index contributed by atoms with van der Waals surface area (Å²) in [6, 6.07) is 0. The maximum Gasteiger partial charge on any atom is 0.310 e. The number of allylic oxidation sites excluding steroid dienone is 2. The fourth-order valence-electron chi connectivity index (χ4n) is 2.94. The van der Waals surface area contributed by atoms with Crippen molar-refractivity contribution in [1.29, 1.82) is 0 Å². The number of ether oxygens (including phenoxy) is 1. The zero-order valence-electron chi connectivity index (χ0n) is 14.2. The number of hydrogen-bond acceptors (Lipinski definition) is 3. The summed E-state index contributed by atoms with van der Waals surface area (Å²) in [6.45, 7) is 9.89. The van der Waals surface area contributed by atoms with E-state index in [1.165, 1.54) is 37.7 Å². The van der Waals surface area contributed by atoms with Crippen molar-refractivity contribution < 1.29 is 9.53 Å². The van der Waals surface area contributed by atoms with Crippen molar-refractivity contribution in [2.45, 2.75) is 65.7 Å². The van der Waals surface area contributed by atoms with E-state index in [-0.39, 0.29) is 11.9 Å². The largest absolute Gasteiger partial charge is 0.466 e. The molecule has 0 aliphatic carbocycles. The highest BCUT2D eigenvalue weighted by atomic mass is 16.5. The van der Waals surface area contributed by atoms with Crippen LogP contribution in [0, 0.1) is 5.92 Å². The SMILES string of the molecule is CCOC(=O)C1CCCN(CCCCCCC=C(C)C)C1. The lowest BCUT2D eigenvalue weighted by molar-refractivity contribution is -0.149. The minimum atomic E-state index is 0.00363. The summed E-state index contributed by atoms with van der Waals surface area (Å²) in [6.07, 6.45) is 10.9. The van der Waals surface area contributed by atoms with Crippen molar-refractivity contribution in [3.8, 4) is 0 Å². The molecule has 3 heteroatoms. The average Bonchev–Trinajstić information content (AvgIpc) is 2.46. The Morgan fingerprint density at radius 2 is 2.00 bits per heavy atom. The minimum Gasteiger partial charge on any atom is -0.466 e. The molecule has 0 aromatic rings. The molecule has 0 spiro atoms. The highest BCUT2D eigenvalue weighted by molar-refractivity contribution is 5.72. The molecule has 0 radical (unpaired) electrons. The summed E-state index contributed by atoms with van der Waals surface area (Å²) >= 11 is 0. The highest BCUT2D eigenvalue weighted by Gasteiger charge is 2.26. The summed E-state index contributed by atoms with van der Waals surface area (Å²) in [7, 11) is 0. The van der Waals surface area contributed by atoms with Crippen LogP contribution in [0.3, 0.4) is 0 Å². The molecule has 3 nitrogen and oxygen atoms in total. The van der Waals surface area contributed by atoms with Gasteiger partial charge in [0.25, 0.3) is 0 Å². The molecular formula is C18H33NO2. The third-order valence-electron chi connectivity index (χ3n) is 4.11. The van der Waals surface area contributed by atoms with Crippen LogP contribution in [-0.4, -0.2) is 37.1 Å².